The number of rotatable bonds is 5. The zero-order valence-electron chi connectivity index (χ0n) is 12.5. The largest absolute Gasteiger partial charge is 0.387 e. The van der Waals surface area contributed by atoms with Gasteiger partial charge in [0.15, 0.2) is 0 Å². The summed E-state index contributed by atoms with van der Waals surface area (Å²) in [6.07, 6.45) is 3.88. The average Bonchev–Trinajstić information content (AvgIpc) is 3.19. The summed E-state index contributed by atoms with van der Waals surface area (Å²) in [4.78, 5) is 3.55. The zero-order valence-corrected chi connectivity index (χ0v) is 13.3. The topological polar surface area (TPSA) is 41.3 Å². The van der Waals surface area contributed by atoms with Crippen LogP contribution in [0.1, 0.15) is 36.4 Å². The van der Waals surface area contributed by atoms with Gasteiger partial charge in [0.1, 0.15) is 0 Å². The van der Waals surface area contributed by atoms with Crippen LogP contribution in [0.4, 0.5) is 0 Å². The van der Waals surface area contributed by atoms with Crippen LogP contribution in [0.2, 0.25) is 0 Å². The smallest absolute Gasteiger partial charge is 0.0910 e. The maximum atomic E-state index is 10.4. The first-order valence-corrected chi connectivity index (χ1v) is 8.60. The Morgan fingerprint density at radius 1 is 1.38 bits per heavy atom. The van der Waals surface area contributed by atoms with E-state index in [1.54, 1.807) is 11.3 Å². The molecule has 0 saturated carbocycles. The van der Waals surface area contributed by atoms with Gasteiger partial charge in [-0.05, 0) is 56.3 Å². The maximum absolute atomic E-state index is 10.4. The predicted molar refractivity (Wildman–Crippen MR) is 85.2 cm³/mol. The lowest BCUT2D eigenvalue weighted by atomic mass is 9.90. The van der Waals surface area contributed by atoms with Gasteiger partial charge in [-0.2, -0.15) is 5.10 Å². The molecule has 1 aliphatic rings. The van der Waals surface area contributed by atoms with Crippen molar-refractivity contribution in [2.45, 2.75) is 39.0 Å². The highest BCUT2D eigenvalue weighted by atomic mass is 32.1. The SMILES string of the molecule is CCn1ccc(CN2CCC(C(O)c3cccs3)CC2)n1. The number of nitrogens with zero attached hydrogens (tertiary/aromatic N) is 3. The summed E-state index contributed by atoms with van der Waals surface area (Å²) < 4.78 is 1.97. The van der Waals surface area contributed by atoms with Gasteiger partial charge in [0.2, 0.25) is 0 Å². The van der Waals surface area contributed by atoms with Crippen LogP contribution < -0.4 is 0 Å². The van der Waals surface area contributed by atoms with E-state index in [1.807, 2.05) is 28.4 Å². The van der Waals surface area contributed by atoms with Crippen LogP contribution in [0.25, 0.3) is 0 Å². The van der Waals surface area contributed by atoms with Crippen LogP contribution >= 0.6 is 11.3 Å². The van der Waals surface area contributed by atoms with Crippen LogP contribution in [-0.2, 0) is 13.1 Å². The minimum atomic E-state index is -0.286. The molecule has 0 amide bonds. The Labute approximate surface area is 130 Å². The van der Waals surface area contributed by atoms with E-state index in [0.29, 0.717) is 5.92 Å². The minimum absolute atomic E-state index is 0.286. The molecule has 0 spiro atoms. The summed E-state index contributed by atoms with van der Waals surface area (Å²) in [5, 5.41) is 17.0. The second-order valence-corrected chi connectivity index (χ2v) is 6.72. The molecule has 0 aliphatic carbocycles. The lowest BCUT2D eigenvalue weighted by molar-refractivity contribution is 0.0587. The first-order valence-electron chi connectivity index (χ1n) is 7.72. The van der Waals surface area contributed by atoms with Crippen LogP contribution in [0.15, 0.2) is 29.8 Å². The van der Waals surface area contributed by atoms with Crippen molar-refractivity contribution in [3.8, 4) is 0 Å². The molecule has 1 N–H and O–H groups in total. The molecule has 1 saturated heterocycles. The van der Waals surface area contributed by atoms with Crippen molar-refractivity contribution in [1.82, 2.24) is 14.7 Å². The summed E-state index contributed by atoms with van der Waals surface area (Å²) in [7, 11) is 0. The van der Waals surface area contributed by atoms with Gasteiger partial charge in [-0.15, -0.1) is 11.3 Å². The Hall–Kier alpha value is -1.17. The Morgan fingerprint density at radius 3 is 2.81 bits per heavy atom. The third-order valence-electron chi connectivity index (χ3n) is 4.32. The third-order valence-corrected chi connectivity index (χ3v) is 5.26. The van der Waals surface area contributed by atoms with E-state index in [0.717, 1.165) is 49.6 Å². The maximum Gasteiger partial charge on any atom is 0.0910 e. The molecule has 5 heteroatoms. The summed E-state index contributed by atoms with van der Waals surface area (Å²) in [5.41, 5.74) is 1.15. The summed E-state index contributed by atoms with van der Waals surface area (Å²) in [5.74, 6) is 0.396. The second-order valence-electron chi connectivity index (χ2n) is 5.74. The van der Waals surface area contributed by atoms with Crippen LogP contribution in [0.3, 0.4) is 0 Å². The number of aliphatic hydroxyl groups is 1. The van der Waals surface area contributed by atoms with Gasteiger partial charge in [-0.3, -0.25) is 9.58 Å². The summed E-state index contributed by atoms with van der Waals surface area (Å²) >= 11 is 1.66. The molecule has 1 fully saturated rings. The Bertz CT molecular complexity index is 544. The molecule has 0 bridgehead atoms. The van der Waals surface area contributed by atoms with Crippen molar-refractivity contribution in [3.05, 3.63) is 40.3 Å². The van der Waals surface area contributed by atoms with E-state index in [4.69, 9.17) is 0 Å². The van der Waals surface area contributed by atoms with Crippen molar-refractivity contribution in [1.29, 1.82) is 0 Å². The van der Waals surface area contributed by atoms with Crippen molar-refractivity contribution < 1.29 is 5.11 Å². The number of aryl methyl sites for hydroxylation is 1. The van der Waals surface area contributed by atoms with Crippen molar-refractivity contribution in [2.75, 3.05) is 13.1 Å². The number of hydrogen-bond donors (Lipinski definition) is 1. The Kier molecular flexibility index (Phi) is 4.73. The lowest BCUT2D eigenvalue weighted by Crippen LogP contribution is -2.35. The number of thiophene rings is 1. The fourth-order valence-corrected chi connectivity index (χ4v) is 3.82. The van der Waals surface area contributed by atoms with Gasteiger partial charge in [-0.25, -0.2) is 0 Å². The fourth-order valence-electron chi connectivity index (χ4n) is 3.01. The highest BCUT2D eigenvalue weighted by Gasteiger charge is 2.26. The quantitative estimate of drug-likeness (QED) is 0.923. The minimum Gasteiger partial charge on any atom is -0.387 e. The fraction of sp³-hybridized carbons (Fsp3) is 0.562. The molecule has 1 unspecified atom stereocenters. The van der Waals surface area contributed by atoms with Gasteiger partial charge in [0.25, 0.3) is 0 Å². The monoisotopic (exact) mass is 305 g/mol. The standard InChI is InChI=1S/C16H23N3OS/c1-2-19-10-7-14(17-19)12-18-8-5-13(6-9-18)16(20)15-4-3-11-21-15/h3-4,7,10-11,13,16,20H,2,5-6,8-9,12H2,1H3. The number of aromatic nitrogens is 2. The van der Waals surface area contributed by atoms with E-state index in [-0.39, 0.29) is 6.10 Å². The lowest BCUT2D eigenvalue weighted by Gasteiger charge is -2.33. The van der Waals surface area contributed by atoms with E-state index >= 15 is 0 Å². The van der Waals surface area contributed by atoms with Crippen LogP contribution in [0.5, 0.6) is 0 Å². The van der Waals surface area contributed by atoms with Gasteiger partial charge >= 0.3 is 0 Å². The predicted octanol–water partition coefficient (Wildman–Crippen LogP) is 2.91. The summed E-state index contributed by atoms with van der Waals surface area (Å²) in [6, 6.07) is 6.16. The van der Waals surface area contributed by atoms with E-state index in [1.165, 1.54) is 0 Å². The molecule has 3 heterocycles. The number of piperidine rings is 1. The van der Waals surface area contributed by atoms with E-state index in [9.17, 15) is 5.11 Å². The number of aliphatic hydroxyl groups excluding tert-OH is 1. The average molecular weight is 305 g/mol. The molecule has 21 heavy (non-hydrogen) atoms. The van der Waals surface area contributed by atoms with Crippen LogP contribution in [-0.4, -0.2) is 32.9 Å². The number of hydrogen-bond acceptors (Lipinski definition) is 4. The number of likely N-dealkylation sites (tertiary alicyclic amines) is 1. The third kappa shape index (κ3) is 3.54. The molecule has 1 atom stereocenters. The summed E-state index contributed by atoms with van der Waals surface area (Å²) in [6.45, 7) is 6.05. The first kappa shape index (κ1) is 14.8. The highest BCUT2D eigenvalue weighted by Crippen LogP contribution is 2.33. The molecule has 3 rings (SSSR count). The Balaban J connectivity index is 1.50. The normalized spacial score (nSPS) is 19.0. The van der Waals surface area contributed by atoms with E-state index in [2.05, 4.69) is 23.0 Å². The molecule has 1 aliphatic heterocycles. The molecule has 2 aromatic rings. The molecule has 0 aromatic carbocycles. The second kappa shape index (κ2) is 6.73. The molecule has 4 nitrogen and oxygen atoms in total. The highest BCUT2D eigenvalue weighted by molar-refractivity contribution is 7.10. The van der Waals surface area contributed by atoms with E-state index < -0.39 is 0 Å². The molecule has 2 aromatic heterocycles. The van der Waals surface area contributed by atoms with Gasteiger partial charge in [0.05, 0.1) is 11.8 Å². The molecular formula is C16H23N3OS. The van der Waals surface area contributed by atoms with Crippen LogP contribution in [0, 0.1) is 5.92 Å². The molecular weight excluding hydrogens is 282 g/mol. The Morgan fingerprint density at radius 2 is 2.19 bits per heavy atom. The van der Waals surface area contributed by atoms with Crippen molar-refractivity contribution in [2.24, 2.45) is 5.92 Å². The molecule has 114 valence electrons. The van der Waals surface area contributed by atoms with Crippen molar-refractivity contribution >= 4 is 11.3 Å². The van der Waals surface area contributed by atoms with Gasteiger partial charge < -0.3 is 5.11 Å². The van der Waals surface area contributed by atoms with Gasteiger partial charge in [-0.1, -0.05) is 6.07 Å². The first-order chi connectivity index (χ1) is 10.3. The zero-order chi connectivity index (χ0) is 14.7. The van der Waals surface area contributed by atoms with Gasteiger partial charge in [0, 0.05) is 24.2 Å². The molecule has 0 radical (unpaired) electrons. The van der Waals surface area contributed by atoms with Crippen molar-refractivity contribution in [3.63, 3.8) is 0 Å².